The lowest BCUT2D eigenvalue weighted by atomic mass is 10.2. The average Bonchev–Trinajstić information content (AvgIpc) is 2.55. The molecule has 0 aliphatic carbocycles. The van der Waals surface area contributed by atoms with Gasteiger partial charge in [0.25, 0.3) is 0 Å². The Kier molecular flexibility index (Phi) is 4.08. The smallest absolute Gasteiger partial charge is 0.350 e. The van der Waals surface area contributed by atoms with Crippen molar-refractivity contribution < 1.29 is 9.53 Å². The summed E-state index contributed by atoms with van der Waals surface area (Å²) < 4.78 is 4.66. The van der Waals surface area contributed by atoms with Gasteiger partial charge in [0, 0.05) is 6.54 Å². The Morgan fingerprint density at radius 2 is 2.27 bits per heavy atom. The number of aryl methyl sites for hydroxylation is 1. The molecule has 0 saturated carbocycles. The zero-order valence-electron chi connectivity index (χ0n) is 9.46. The van der Waals surface area contributed by atoms with E-state index in [9.17, 15) is 4.79 Å². The van der Waals surface area contributed by atoms with Crippen LogP contribution in [0.5, 0.6) is 0 Å². The fourth-order valence-corrected chi connectivity index (χ4v) is 1.94. The molecule has 0 saturated heterocycles. The number of methoxy groups -OCH3 is 1. The molecule has 1 aromatic rings. The zero-order chi connectivity index (χ0) is 11.4. The van der Waals surface area contributed by atoms with E-state index in [1.54, 1.807) is 0 Å². The Labute approximate surface area is 93.7 Å². The van der Waals surface area contributed by atoms with Gasteiger partial charge in [0.2, 0.25) is 0 Å². The van der Waals surface area contributed by atoms with Crippen molar-refractivity contribution in [3.05, 3.63) is 10.6 Å². The molecule has 4 nitrogen and oxygen atoms in total. The number of hydrogen-bond acceptors (Lipinski definition) is 5. The average molecular weight is 228 g/mol. The van der Waals surface area contributed by atoms with Crippen molar-refractivity contribution in [1.82, 2.24) is 4.98 Å². The largest absolute Gasteiger partial charge is 0.465 e. The van der Waals surface area contributed by atoms with Crippen LogP contribution in [-0.2, 0) is 4.74 Å². The maximum absolute atomic E-state index is 11.3. The van der Waals surface area contributed by atoms with Crippen molar-refractivity contribution in [3.8, 4) is 0 Å². The quantitative estimate of drug-likeness (QED) is 0.803. The van der Waals surface area contributed by atoms with Crippen molar-refractivity contribution in [1.29, 1.82) is 0 Å². The van der Waals surface area contributed by atoms with Gasteiger partial charge in [-0.15, -0.1) is 0 Å². The first-order valence-electron chi connectivity index (χ1n) is 4.84. The molecule has 0 fully saturated rings. The lowest BCUT2D eigenvalue weighted by molar-refractivity contribution is 0.0605. The van der Waals surface area contributed by atoms with Gasteiger partial charge >= 0.3 is 5.97 Å². The first kappa shape index (κ1) is 12.0. The highest BCUT2D eigenvalue weighted by molar-refractivity contribution is 7.17. The zero-order valence-corrected chi connectivity index (χ0v) is 10.3. The van der Waals surface area contributed by atoms with E-state index in [0.717, 1.165) is 17.4 Å². The van der Waals surface area contributed by atoms with Gasteiger partial charge in [-0.1, -0.05) is 25.2 Å². The number of nitrogens with zero attached hydrogens (tertiary/aromatic N) is 1. The molecule has 1 aromatic heterocycles. The number of carbonyl (C=O) groups is 1. The maximum Gasteiger partial charge on any atom is 0.350 e. The first-order chi connectivity index (χ1) is 7.04. The molecule has 0 spiro atoms. The first-order valence-corrected chi connectivity index (χ1v) is 5.65. The number of rotatable bonds is 4. The predicted octanol–water partition coefficient (Wildman–Crippen LogP) is 2.31. The van der Waals surface area contributed by atoms with Crippen LogP contribution in [0.3, 0.4) is 0 Å². The highest BCUT2D eigenvalue weighted by atomic mass is 32.1. The fourth-order valence-electron chi connectivity index (χ4n) is 1.05. The van der Waals surface area contributed by atoms with Crippen molar-refractivity contribution in [2.24, 2.45) is 5.92 Å². The van der Waals surface area contributed by atoms with Crippen molar-refractivity contribution in [2.45, 2.75) is 20.8 Å². The maximum atomic E-state index is 11.3. The van der Waals surface area contributed by atoms with Crippen LogP contribution in [0.25, 0.3) is 0 Å². The molecule has 15 heavy (non-hydrogen) atoms. The van der Waals surface area contributed by atoms with E-state index in [1.165, 1.54) is 18.4 Å². The van der Waals surface area contributed by atoms with E-state index in [-0.39, 0.29) is 5.97 Å². The predicted molar refractivity (Wildman–Crippen MR) is 61.5 cm³/mol. The summed E-state index contributed by atoms with van der Waals surface area (Å²) in [6, 6.07) is 0. The lowest BCUT2D eigenvalue weighted by Crippen LogP contribution is -2.07. The van der Waals surface area contributed by atoms with E-state index in [1.807, 2.05) is 6.92 Å². The third-order valence-corrected chi connectivity index (χ3v) is 2.92. The molecule has 1 N–H and O–H groups in total. The number of anilines is 1. The number of hydrogen-bond donors (Lipinski definition) is 1. The Morgan fingerprint density at radius 1 is 1.60 bits per heavy atom. The fraction of sp³-hybridized carbons (Fsp3) is 0.600. The highest BCUT2D eigenvalue weighted by Crippen LogP contribution is 2.23. The van der Waals surface area contributed by atoms with Gasteiger partial charge in [-0.25, -0.2) is 9.78 Å². The number of aromatic nitrogens is 1. The van der Waals surface area contributed by atoms with Crippen LogP contribution in [0.1, 0.15) is 29.2 Å². The molecule has 1 rings (SSSR count). The molecule has 5 heteroatoms. The Hall–Kier alpha value is -1.10. The summed E-state index contributed by atoms with van der Waals surface area (Å²) in [5.74, 6) is 0.235. The van der Waals surface area contributed by atoms with Crippen LogP contribution in [0, 0.1) is 12.8 Å². The Bertz CT molecular complexity index is 347. The summed E-state index contributed by atoms with van der Waals surface area (Å²) in [5, 5.41) is 3.96. The van der Waals surface area contributed by atoms with Crippen LogP contribution in [0.2, 0.25) is 0 Å². The number of nitrogens with one attached hydrogen (secondary N) is 1. The topological polar surface area (TPSA) is 51.2 Å². The molecule has 84 valence electrons. The van der Waals surface area contributed by atoms with Crippen molar-refractivity contribution in [3.63, 3.8) is 0 Å². The van der Waals surface area contributed by atoms with Gasteiger partial charge < -0.3 is 10.1 Å². The van der Waals surface area contributed by atoms with Crippen molar-refractivity contribution >= 4 is 22.4 Å². The molecule has 0 amide bonds. The van der Waals surface area contributed by atoms with E-state index in [2.05, 4.69) is 28.9 Å². The number of esters is 1. The molecule has 1 heterocycles. The van der Waals surface area contributed by atoms with Gasteiger partial charge in [-0.2, -0.15) is 0 Å². The van der Waals surface area contributed by atoms with Crippen LogP contribution >= 0.6 is 11.3 Å². The van der Waals surface area contributed by atoms with Crippen LogP contribution in [0.4, 0.5) is 5.13 Å². The minimum absolute atomic E-state index is 0.317. The second kappa shape index (κ2) is 5.11. The van der Waals surface area contributed by atoms with Crippen molar-refractivity contribution in [2.75, 3.05) is 19.0 Å². The van der Waals surface area contributed by atoms with Gasteiger partial charge in [0.1, 0.15) is 4.88 Å². The summed E-state index contributed by atoms with van der Waals surface area (Å²) >= 11 is 1.34. The number of ether oxygens (including phenoxy) is 1. The molecule has 0 bridgehead atoms. The Balaban J connectivity index is 2.72. The molecule has 0 aromatic carbocycles. The van der Waals surface area contributed by atoms with E-state index >= 15 is 0 Å². The monoisotopic (exact) mass is 228 g/mol. The second-order valence-corrected chi connectivity index (χ2v) is 4.70. The van der Waals surface area contributed by atoms with Gasteiger partial charge in [0.05, 0.1) is 12.8 Å². The normalized spacial score (nSPS) is 10.5. The molecular weight excluding hydrogens is 212 g/mol. The molecule has 0 radical (unpaired) electrons. The minimum Gasteiger partial charge on any atom is -0.465 e. The SMILES string of the molecule is COC(=O)c1sc(NCC(C)C)nc1C. The second-order valence-electron chi connectivity index (χ2n) is 3.70. The third kappa shape index (κ3) is 3.20. The minimum atomic E-state index is -0.317. The molecule has 0 aliphatic rings. The summed E-state index contributed by atoms with van der Waals surface area (Å²) in [6.07, 6.45) is 0. The molecule has 0 atom stereocenters. The highest BCUT2D eigenvalue weighted by Gasteiger charge is 2.15. The molecule has 0 aliphatic heterocycles. The Morgan fingerprint density at radius 3 is 2.80 bits per heavy atom. The summed E-state index contributed by atoms with van der Waals surface area (Å²) in [6.45, 7) is 6.90. The third-order valence-electron chi connectivity index (χ3n) is 1.83. The van der Waals surface area contributed by atoms with Gasteiger partial charge in [-0.3, -0.25) is 0 Å². The summed E-state index contributed by atoms with van der Waals surface area (Å²) in [7, 11) is 1.38. The number of thiazole rings is 1. The van der Waals surface area contributed by atoms with Gasteiger partial charge in [-0.05, 0) is 12.8 Å². The van der Waals surface area contributed by atoms with Crippen LogP contribution < -0.4 is 5.32 Å². The van der Waals surface area contributed by atoms with E-state index in [0.29, 0.717) is 10.8 Å². The van der Waals surface area contributed by atoms with Gasteiger partial charge in [0.15, 0.2) is 5.13 Å². The lowest BCUT2D eigenvalue weighted by Gasteiger charge is -2.04. The van der Waals surface area contributed by atoms with E-state index in [4.69, 9.17) is 0 Å². The van der Waals surface area contributed by atoms with Crippen LogP contribution in [-0.4, -0.2) is 24.6 Å². The number of carbonyl (C=O) groups excluding carboxylic acids is 1. The summed E-state index contributed by atoms with van der Waals surface area (Å²) in [4.78, 5) is 16.1. The summed E-state index contributed by atoms with van der Waals surface area (Å²) in [5.41, 5.74) is 0.720. The van der Waals surface area contributed by atoms with E-state index < -0.39 is 0 Å². The molecular formula is C10H16N2O2S. The van der Waals surface area contributed by atoms with Crippen LogP contribution in [0.15, 0.2) is 0 Å². The molecule has 0 unspecified atom stereocenters. The standard InChI is InChI=1S/C10H16N2O2S/c1-6(2)5-11-10-12-7(3)8(15-10)9(13)14-4/h6H,5H2,1-4H3,(H,11,12).